The van der Waals surface area contributed by atoms with Gasteiger partial charge in [-0.3, -0.25) is 9.89 Å². The first-order valence-corrected chi connectivity index (χ1v) is 4.46. The average molecular weight is 197 g/mol. The number of likely N-dealkylation sites (N-methyl/N-ethyl adjacent to an activating group) is 1. The number of carbonyl (C=O) groups excluding carboxylic acids is 1. The number of aliphatic hydroxyl groups excluding tert-OH is 1. The number of hydrogen-bond acceptors (Lipinski definition) is 3. The predicted octanol–water partition coefficient (Wildman–Crippen LogP) is 0.171. The van der Waals surface area contributed by atoms with Crippen LogP contribution in [0.2, 0.25) is 0 Å². The Morgan fingerprint density at radius 1 is 1.79 bits per heavy atom. The standard InChI is InChI=1S/C9H15N3O2/c1-6(5-13)12(3)9(14)8-4-10-11-7(8)2/h4,6,13H,5H2,1-3H3,(H,10,11). The molecule has 5 heteroatoms. The van der Waals surface area contributed by atoms with Crippen molar-refractivity contribution in [1.82, 2.24) is 15.1 Å². The topological polar surface area (TPSA) is 69.2 Å². The van der Waals surface area contributed by atoms with Crippen molar-refractivity contribution in [2.24, 2.45) is 0 Å². The molecule has 1 amide bonds. The lowest BCUT2D eigenvalue weighted by Gasteiger charge is -2.22. The van der Waals surface area contributed by atoms with Crippen LogP contribution in [0.25, 0.3) is 0 Å². The van der Waals surface area contributed by atoms with Crippen LogP contribution in [0.1, 0.15) is 23.0 Å². The van der Waals surface area contributed by atoms with Crippen LogP contribution < -0.4 is 0 Å². The van der Waals surface area contributed by atoms with Crippen LogP contribution in [0.4, 0.5) is 0 Å². The molecular formula is C9H15N3O2. The van der Waals surface area contributed by atoms with Crippen molar-refractivity contribution in [3.63, 3.8) is 0 Å². The second-order valence-electron chi connectivity index (χ2n) is 3.36. The quantitative estimate of drug-likeness (QED) is 0.725. The largest absolute Gasteiger partial charge is 0.394 e. The highest BCUT2D eigenvalue weighted by atomic mass is 16.3. The number of nitrogens with one attached hydrogen (secondary N) is 1. The van der Waals surface area contributed by atoms with Crippen LogP contribution in [0.5, 0.6) is 0 Å². The molecule has 0 bridgehead atoms. The number of nitrogens with zero attached hydrogens (tertiary/aromatic N) is 2. The van der Waals surface area contributed by atoms with E-state index in [1.165, 1.54) is 11.1 Å². The molecule has 1 unspecified atom stereocenters. The van der Waals surface area contributed by atoms with Crippen LogP contribution in [-0.4, -0.2) is 45.8 Å². The summed E-state index contributed by atoms with van der Waals surface area (Å²) < 4.78 is 0. The van der Waals surface area contributed by atoms with E-state index in [0.717, 1.165) is 5.69 Å². The number of rotatable bonds is 3. The van der Waals surface area contributed by atoms with Crippen LogP contribution in [0.15, 0.2) is 6.20 Å². The average Bonchev–Trinajstić information content (AvgIpc) is 2.61. The molecule has 0 saturated heterocycles. The Bertz CT molecular complexity index is 322. The van der Waals surface area contributed by atoms with E-state index in [4.69, 9.17) is 5.11 Å². The highest BCUT2D eigenvalue weighted by Gasteiger charge is 2.19. The number of H-pyrrole nitrogens is 1. The van der Waals surface area contributed by atoms with Gasteiger partial charge in [-0.1, -0.05) is 0 Å². The summed E-state index contributed by atoms with van der Waals surface area (Å²) in [6.07, 6.45) is 1.50. The Kier molecular flexibility index (Phi) is 3.24. The fourth-order valence-electron chi connectivity index (χ4n) is 1.08. The second kappa shape index (κ2) is 4.23. The van der Waals surface area contributed by atoms with Gasteiger partial charge in [-0.15, -0.1) is 0 Å². The molecule has 1 rings (SSSR count). The van der Waals surface area contributed by atoms with Gasteiger partial charge >= 0.3 is 0 Å². The van der Waals surface area contributed by atoms with Gasteiger partial charge in [-0.05, 0) is 13.8 Å². The lowest BCUT2D eigenvalue weighted by Crippen LogP contribution is -2.37. The zero-order chi connectivity index (χ0) is 10.7. The Hall–Kier alpha value is -1.36. The highest BCUT2D eigenvalue weighted by Crippen LogP contribution is 2.08. The summed E-state index contributed by atoms with van der Waals surface area (Å²) >= 11 is 0. The molecule has 1 heterocycles. The van der Waals surface area contributed by atoms with Crippen molar-refractivity contribution >= 4 is 5.91 Å². The van der Waals surface area contributed by atoms with Gasteiger partial charge < -0.3 is 10.0 Å². The molecule has 0 aliphatic rings. The summed E-state index contributed by atoms with van der Waals surface area (Å²) in [5.41, 5.74) is 1.29. The van der Waals surface area contributed by atoms with Crippen molar-refractivity contribution in [2.45, 2.75) is 19.9 Å². The van der Waals surface area contributed by atoms with E-state index >= 15 is 0 Å². The van der Waals surface area contributed by atoms with Crippen LogP contribution in [-0.2, 0) is 0 Å². The molecule has 0 aliphatic heterocycles. The molecule has 0 aliphatic carbocycles. The van der Waals surface area contributed by atoms with Crippen molar-refractivity contribution in [3.05, 3.63) is 17.5 Å². The first-order chi connectivity index (χ1) is 6.57. The Morgan fingerprint density at radius 3 is 2.86 bits per heavy atom. The fourth-order valence-corrected chi connectivity index (χ4v) is 1.08. The van der Waals surface area contributed by atoms with Gasteiger partial charge in [0.15, 0.2) is 0 Å². The van der Waals surface area contributed by atoms with Gasteiger partial charge in [0.2, 0.25) is 0 Å². The number of aromatic nitrogens is 2. The van der Waals surface area contributed by atoms with Gasteiger partial charge in [0.05, 0.1) is 24.4 Å². The number of aromatic amines is 1. The van der Waals surface area contributed by atoms with E-state index in [9.17, 15) is 4.79 Å². The number of hydrogen-bond donors (Lipinski definition) is 2. The monoisotopic (exact) mass is 197 g/mol. The Balaban J connectivity index is 2.81. The first kappa shape index (κ1) is 10.7. The van der Waals surface area contributed by atoms with E-state index in [1.54, 1.807) is 20.9 Å². The molecule has 0 saturated carbocycles. The Morgan fingerprint density at radius 2 is 2.43 bits per heavy atom. The molecule has 0 fully saturated rings. The summed E-state index contributed by atoms with van der Waals surface area (Å²) in [4.78, 5) is 13.3. The molecule has 0 aromatic carbocycles. The third-order valence-electron chi connectivity index (χ3n) is 2.31. The zero-order valence-electron chi connectivity index (χ0n) is 8.61. The van der Waals surface area contributed by atoms with E-state index < -0.39 is 0 Å². The van der Waals surface area contributed by atoms with Crippen molar-refractivity contribution in [1.29, 1.82) is 0 Å². The molecule has 1 atom stereocenters. The molecule has 1 aromatic heterocycles. The predicted molar refractivity (Wildman–Crippen MR) is 52.0 cm³/mol. The van der Waals surface area contributed by atoms with Crippen LogP contribution in [0, 0.1) is 6.92 Å². The van der Waals surface area contributed by atoms with Gasteiger partial charge in [-0.2, -0.15) is 5.10 Å². The smallest absolute Gasteiger partial charge is 0.257 e. The minimum atomic E-state index is -0.184. The maximum absolute atomic E-state index is 11.8. The molecule has 0 spiro atoms. The van der Waals surface area contributed by atoms with Gasteiger partial charge in [-0.25, -0.2) is 0 Å². The zero-order valence-corrected chi connectivity index (χ0v) is 8.61. The van der Waals surface area contributed by atoms with Crippen molar-refractivity contribution in [2.75, 3.05) is 13.7 Å². The van der Waals surface area contributed by atoms with Gasteiger partial charge in [0.25, 0.3) is 5.91 Å². The third kappa shape index (κ3) is 1.93. The highest BCUT2D eigenvalue weighted by molar-refractivity contribution is 5.95. The molecule has 1 aromatic rings. The number of aryl methyl sites for hydroxylation is 1. The van der Waals surface area contributed by atoms with E-state index in [2.05, 4.69) is 10.2 Å². The number of amides is 1. The molecule has 78 valence electrons. The maximum atomic E-state index is 11.8. The Labute approximate surface area is 82.7 Å². The summed E-state index contributed by atoms with van der Waals surface area (Å²) in [7, 11) is 1.66. The van der Waals surface area contributed by atoms with Crippen LogP contribution in [0.3, 0.4) is 0 Å². The molecule has 14 heavy (non-hydrogen) atoms. The van der Waals surface area contributed by atoms with Gasteiger partial charge in [0, 0.05) is 12.7 Å². The molecular weight excluding hydrogens is 182 g/mol. The maximum Gasteiger partial charge on any atom is 0.257 e. The normalized spacial score (nSPS) is 12.6. The SMILES string of the molecule is Cc1[nH]ncc1C(=O)N(C)C(C)CO. The molecule has 0 radical (unpaired) electrons. The number of carbonyl (C=O) groups is 1. The summed E-state index contributed by atoms with van der Waals surface area (Å²) in [5.74, 6) is -0.127. The lowest BCUT2D eigenvalue weighted by atomic mass is 10.2. The van der Waals surface area contributed by atoms with Crippen molar-refractivity contribution < 1.29 is 9.90 Å². The van der Waals surface area contributed by atoms with E-state index in [1.807, 2.05) is 0 Å². The first-order valence-electron chi connectivity index (χ1n) is 4.46. The minimum absolute atomic E-state index is 0.0425. The van der Waals surface area contributed by atoms with Crippen molar-refractivity contribution in [3.8, 4) is 0 Å². The summed E-state index contributed by atoms with van der Waals surface area (Å²) in [6, 6.07) is -0.184. The van der Waals surface area contributed by atoms with E-state index in [-0.39, 0.29) is 18.6 Å². The third-order valence-corrected chi connectivity index (χ3v) is 2.31. The lowest BCUT2D eigenvalue weighted by molar-refractivity contribution is 0.0681. The minimum Gasteiger partial charge on any atom is -0.394 e. The second-order valence-corrected chi connectivity index (χ2v) is 3.36. The summed E-state index contributed by atoms with van der Waals surface area (Å²) in [5, 5.41) is 15.4. The molecule has 5 nitrogen and oxygen atoms in total. The fraction of sp³-hybridized carbons (Fsp3) is 0.556. The number of aliphatic hydroxyl groups is 1. The van der Waals surface area contributed by atoms with E-state index in [0.29, 0.717) is 5.56 Å². The molecule has 2 N–H and O–H groups in total. The van der Waals surface area contributed by atoms with Gasteiger partial charge in [0.1, 0.15) is 0 Å². The van der Waals surface area contributed by atoms with Crippen LogP contribution >= 0.6 is 0 Å². The summed E-state index contributed by atoms with van der Waals surface area (Å²) in [6.45, 7) is 3.53.